The zero-order valence-electron chi connectivity index (χ0n) is 11.2. The van der Waals surface area contributed by atoms with Crippen molar-refractivity contribution in [1.29, 1.82) is 0 Å². The third-order valence-electron chi connectivity index (χ3n) is 2.56. The van der Waals surface area contributed by atoms with Crippen molar-refractivity contribution in [3.63, 3.8) is 0 Å². The van der Waals surface area contributed by atoms with Gasteiger partial charge in [0.2, 0.25) is 5.91 Å². The monoisotopic (exact) mass is 266 g/mol. The van der Waals surface area contributed by atoms with E-state index in [1.165, 1.54) is 0 Å². The quantitative estimate of drug-likeness (QED) is 0.701. The standard InChI is InChI=1S/C10H22N2O4S/c1-7(2)9(13)11-17(14,15)12-16-10(5,6)8(3)4/h7-8,12H,1-6H3,(H,11,13). The predicted molar refractivity (Wildman–Crippen MR) is 65.0 cm³/mol. The zero-order chi connectivity index (χ0) is 13.9. The Morgan fingerprint density at radius 1 is 1.18 bits per heavy atom. The molecule has 0 rings (SSSR count). The normalized spacial score (nSPS) is 13.2. The van der Waals surface area contributed by atoms with Gasteiger partial charge in [0.05, 0.1) is 5.60 Å². The Labute approximate surface area is 103 Å². The average Bonchev–Trinajstić information content (AvgIpc) is 2.14. The molecule has 0 unspecified atom stereocenters. The first-order chi connectivity index (χ1) is 7.48. The Kier molecular flexibility index (Phi) is 5.57. The van der Waals surface area contributed by atoms with E-state index in [9.17, 15) is 13.2 Å². The molecule has 0 spiro atoms. The Hall–Kier alpha value is -0.660. The van der Waals surface area contributed by atoms with Crippen molar-refractivity contribution < 1.29 is 18.0 Å². The van der Waals surface area contributed by atoms with Gasteiger partial charge in [0.15, 0.2) is 0 Å². The summed E-state index contributed by atoms with van der Waals surface area (Å²) < 4.78 is 24.8. The van der Waals surface area contributed by atoms with Gasteiger partial charge >= 0.3 is 10.2 Å². The van der Waals surface area contributed by atoms with Crippen molar-refractivity contribution in [2.24, 2.45) is 11.8 Å². The molecule has 0 bridgehead atoms. The summed E-state index contributed by atoms with van der Waals surface area (Å²) in [5.74, 6) is -0.876. The highest BCUT2D eigenvalue weighted by atomic mass is 32.2. The summed E-state index contributed by atoms with van der Waals surface area (Å²) in [5, 5.41) is 0. The summed E-state index contributed by atoms with van der Waals surface area (Å²) in [5.41, 5.74) is -0.657. The van der Waals surface area contributed by atoms with Gasteiger partial charge in [-0.3, -0.25) is 9.63 Å². The van der Waals surface area contributed by atoms with Crippen molar-refractivity contribution in [2.45, 2.75) is 47.1 Å². The molecule has 0 fully saturated rings. The summed E-state index contributed by atoms with van der Waals surface area (Å²) in [7, 11) is -3.96. The first kappa shape index (κ1) is 16.3. The van der Waals surface area contributed by atoms with E-state index in [2.05, 4.69) is 0 Å². The van der Waals surface area contributed by atoms with E-state index in [-0.39, 0.29) is 5.92 Å². The molecule has 0 aliphatic heterocycles. The minimum absolute atomic E-state index is 0.117. The van der Waals surface area contributed by atoms with Crippen LogP contribution in [0.1, 0.15) is 41.5 Å². The van der Waals surface area contributed by atoms with Crippen molar-refractivity contribution >= 4 is 16.1 Å². The van der Waals surface area contributed by atoms with Crippen molar-refractivity contribution in [3.8, 4) is 0 Å². The lowest BCUT2D eigenvalue weighted by atomic mass is 9.95. The number of amides is 1. The van der Waals surface area contributed by atoms with Gasteiger partial charge in [0.1, 0.15) is 0 Å². The lowest BCUT2D eigenvalue weighted by Gasteiger charge is -2.28. The van der Waals surface area contributed by atoms with Gasteiger partial charge in [0.25, 0.3) is 0 Å². The number of carbonyl (C=O) groups is 1. The second-order valence-corrected chi connectivity index (χ2v) is 6.45. The Bertz CT molecular complexity index is 361. The second kappa shape index (κ2) is 5.79. The molecule has 7 heteroatoms. The van der Waals surface area contributed by atoms with E-state index in [4.69, 9.17) is 4.84 Å². The van der Waals surface area contributed by atoms with Crippen LogP contribution in [-0.4, -0.2) is 19.9 Å². The molecule has 0 saturated heterocycles. The van der Waals surface area contributed by atoms with Crippen LogP contribution in [0.25, 0.3) is 0 Å². The number of hydrogen-bond donors (Lipinski definition) is 2. The molecule has 0 aliphatic carbocycles. The van der Waals surface area contributed by atoms with E-state index in [0.29, 0.717) is 0 Å². The molecular weight excluding hydrogens is 244 g/mol. The zero-order valence-corrected chi connectivity index (χ0v) is 12.0. The molecule has 2 N–H and O–H groups in total. The van der Waals surface area contributed by atoms with Gasteiger partial charge in [-0.05, 0) is 19.8 Å². The molecule has 1 amide bonds. The van der Waals surface area contributed by atoms with Crippen LogP contribution in [0.4, 0.5) is 0 Å². The minimum Gasteiger partial charge on any atom is -0.279 e. The molecule has 0 aromatic carbocycles. The minimum atomic E-state index is -3.96. The van der Waals surface area contributed by atoms with Crippen LogP contribution in [0.3, 0.4) is 0 Å². The highest BCUT2D eigenvalue weighted by Gasteiger charge is 2.27. The van der Waals surface area contributed by atoms with Crippen LogP contribution in [0.15, 0.2) is 0 Å². The maximum Gasteiger partial charge on any atom is 0.323 e. The molecule has 102 valence electrons. The number of nitrogens with one attached hydrogen (secondary N) is 2. The van der Waals surface area contributed by atoms with Gasteiger partial charge in [-0.1, -0.05) is 32.6 Å². The summed E-state index contributed by atoms with van der Waals surface area (Å²) in [4.78, 5) is 18.2. The first-order valence-electron chi connectivity index (χ1n) is 5.49. The van der Waals surface area contributed by atoms with Crippen LogP contribution < -0.4 is 9.61 Å². The summed E-state index contributed by atoms with van der Waals surface area (Å²) in [6.07, 6.45) is 0. The average molecular weight is 266 g/mol. The van der Waals surface area contributed by atoms with E-state index >= 15 is 0 Å². The van der Waals surface area contributed by atoms with E-state index in [0.717, 1.165) is 0 Å². The summed E-state index contributed by atoms with van der Waals surface area (Å²) in [6, 6.07) is 0. The predicted octanol–water partition coefficient (Wildman–Crippen LogP) is 0.959. The van der Waals surface area contributed by atoms with E-state index < -0.39 is 27.6 Å². The van der Waals surface area contributed by atoms with Gasteiger partial charge in [-0.25, -0.2) is 4.72 Å². The van der Waals surface area contributed by atoms with Crippen LogP contribution in [0.2, 0.25) is 0 Å². The first-order valence-corrected chi connectivity index (χ1v) is 6.97. The van der Waals surface area contributed by atoms with E-state index in [1.54, 1.807) is 27.7 Å². The molecule has 0 saturated carbocycles. The number of hydrogen-bond acceptors (Lipinski definition) is 4. The number of rotatable bonds is 6. The smallest absolute Gasteiger partial charge is 0.279 e. The number of carbonyl (C=O) groups excluding carboxylic acids is 1. The molecule has 0 radical (unpaired) electrons. The molecule has 0 heterocycles. The van der Waals surface area contributed by atoms with Crippen molar-refractivity contribution in [2.75, 3.05) is 0 Å². The highest BCUT2D eigenvalue weighted by Crippen LogP contribution is 2.18. The maximum absolute atomic E-state index is 11.4. The Morgan fingerprint density at radius 2 is 1.65 bits per heavy atom. The fourth-order valence-electron chi connectivity index (χ4n) is 0.551. The third kappa shape index (κ3) is 5.99. The highest BCUT2D eigenvalue weighted by molar-refractivity contribution is 7.87. The summed E-state index contributed by atoms with van der Waals surface area (Å²) in [6.45, 7) is 10.5. The largest absolute Gasteiger partial charge is 0.323 e. The molecule has 17 heavy (non-hydrogen) atoms. The lowest BCUT2D eigenvalue weighted by molar-refractivity contribution is -0.122. The molecule has 0 aromatic heterocycles. The van der Waals surface area contributed by atoms with Crippen LogP contribution >= 0.6 is 0 Å². The van der Waals surface area contributed by atoms with Gasteiger partial charge < -0.3 is 0 Å². The fraction of sp³-hybridized carbons (Fsp3) is 0.900. The second-order valence-electron chi connectivity index (χ2n) is 5.07. The fourth-order valence-corrected chi connectivity index (χ4v) is 1.42. The molecular formula is C10H22N2O4S. The third-order valence-corrected chi connectivity index (χ3v) is 3.34. The van der Waals surface area contributed by atoms with Crippen molar-refractivity contribution in [1.82, 2.24) is 9.61 Å². The maximum atomic E-state index is 11.4. The SMILES string of the molecule is CC(C)C(=O)NS(=O)(=O)NOC(C)(C)C(C)C. The Morgan fingerprint density at radius 3 is 2.00 bits per heavy atom. The topological polar surface area (TPSA) is 84.5 Å². The van der Waals surface area contributed by atoms with Gasteiger partial charge in [-0.15, -0.1) is 0 Å². The van der Waals surface area contributed by atoms with Gasteiger partial charge in [0, 0.05) is 5.92 Å². The van der Waals surface area contributed by atoms with Crippen LogP contribution in [0, 0.1) is 11.8 Å². The molecule has 0 atom stereocenters. The Balaban J connectivity index is 4.44. The summed E-state index contributed by atoms with van der Waals surface area (Å²) >= 11 is 0. The lowest BCUT2D eigenvalue weighted by Crippen LogP contribution is -2.46. The van der Waals surface area contributed by atoms with Gasteiger partial charge in [-0.2, -0.15) is 8.42 Å². The van der Waals surface area contributed by atoms with Crippen LogP contribution in [-0.2, 0) is 19.8 Å². The van der Waals surface area contributed by atoms with E-state index in [1.807, 2.05) is 23.5 Å². The van der Waals surface area contributed by atoms with Crippen molar-refractivity contribution in [3.05, 3.63) is 0 Å². The van der Waals surface area contributed by atoms with Crippen LogP contribution in [0.5, 0.6) is 0 Å². The molecule has 6 nitrogen and oxygen atoms in total. The molecule has 0 aliphatic rings. The molecule has 0 aromatic rings.